The van der Waals surface area contributed by atoms with Crippen molar-refractivity contribution >= 4 is 9.05 Å². The maximum Gasteiger partial charge on any atom is 0.817 e. The van der Waals surface area contributed by atoms with Crippen molar-refractivity contribution in [2.75, 3.05) is 7.11 Å². The Balaban J connectivity index is 2.11. The quantitative estimate of drug-likeness (QED) is 0.839. The summed E-state index contributed by atoms with van der Waals surface area (Å²) in [5, 5.41) is 0. The Kier molecular flexibility index (Phi) is 3.98. The maximum atomic E-state index is 10.2. The Morgan fingerprint density at radius 2 is 1.17 bits per heavy atom. The molecule has 0 radical (unpaired) electrons. The lowest BCUT2D eigenvalue weighted by atomic mass is 10.3. The highest BCUT2D eigenvalue weighted by Crippen LogP contribution is 2.18. The van der Waals surface area contributed by atoms with Crippen molar-refractivity contribution in [1.82, 2.24) is 0 Å². The van der Waals surface area contributed by atoms with Crippen LogP contribution in [0.3, 0.4) is 0 Å². The lowest BCUT2D eigenvalue weighted by molar-refractivity contribution is 0.108. The van der Waals surface area contributed by atoms with Crippen LogP contribution in [0.2, 0.25) is 0 Å². The van der Waals surface area contributed by atoms with Gasteiger partial charge in [-0.15, -0.1) is 0 Å². The van der Waals surface area contributed by atoms with E-state index >= 15 is 0 Å². The molecular formula is C13H14O4Si. The molecule has 0 aliphatic carbocycles. The van der Waals surface area contributed by atoms with E-state index in [0.29, 0.717) is 11.5 Å². The van der Waals surface area contributed by atoms with Gasteiger partial charge < -0.3 is 18.1 Å². The van der Waals surface area contributed by atoms with Gasteiger partial charge in [0.25, 0.3) is 0 Å². The highest BCUT2D eigenvalue weighted by Gasteiger charge is 2.46. The first kappa shape index (κ1) is 12.6. The minimum absolute atomic E-state index is 0.504. The van der Waals surface area contributed by atoms with Crippen LogP contribution >= 0.6 is 0 Å². The van der Waals surface area contributed by atoms with Crippen molar-refractivity contribution in [2.24, 2.45) is 0 Å². The highest BCUT2D eigenvalue weighted by atomic mass is 28.4. The molecule has 94 valence electrons. The van der Waals surface area contributed by atoms with Crippen LogP contribution in [0.5, 0.6) is 11.5 Å². The molecule has 4 nitrogen and oxygen atoms in total. The van der Waals surface area contributed by atoms with Crippen LogP contribution in [-0.2, 0) is 4.43 Å². The molecule has 0 aliphatic heterocycles. The van der Waals surface area contributed by atoms with Gasteiger partial charge >= 0.3 is 9.05 Å². The summed E-state index contributed by atoms with van der Waals surface area (Å²) in [4.78, 5) is 10.2. The summed E-state index contributed by atoms with van der Waals surface area (Å²) in [6.45, 7) is 0. The van der Waals surface area contributed by atoms with Crippen molar-refractivity contribution in [2.45, 2.75) is 0 Å². The van der Waals surface area contributed by atoms with Crippen LogP contribution in [0.4, 0.5) is 0 Å². The average Bonchev–Trinajstić information content (AvgIpc) is 2.41. The monoisotopic (exact) mass is 262 g/mol. The minimum Gasteiger partial charge on any atom is -0.471 e. The van der Waals surface area contributed by atoms with Gasteiger partial charge in [-0.1, -0.05) is 36.4 Å². The van der Waals surface area contributed by atoms with Crippen molar-refractivity contribution in [3.05, 3.63) is 60.7 Å². The third kappa shape index (κ3) is 3.33. The van der Waals surface area contributed by atoms with Crippen LogP contribution in [-0.4, -0.2) is 21.0 Å². The van der Waals surface area contributed by atoms with Gasteiger partial charge in [0.2, 0.25) is 0 Å². The molecule has 1 N–H and O–H groups in total. The molecule has 0 spiro atoms. The van der Waals surface area contributed by atoms with E-state index in [1.165, 1.54) is 7.11 Å². The molecular weight excluding hydrogens is 248 g/mol. The van der Waals surface area contributed by atoms with Crippen molar-refractivity contribution in [3.8, 4) is 11.5 Å². The third-order valence-electron chi connectivity index (χ3n) is 2.24. The summed E-state index contributed by atoms with van der Waals surface area (Å²) in [5.41, 5.74) is 0. The molecule has 0 bridgehead atoms. The van der Waals surface area contributed by atoms with Crippen molar-refractivity contribution in [3.63, 3.8) is 0 Å². The van der Waals surface area contributed by atoms with E-state index in [9.17, 15) is 4.80 Å². The highest BCUT2D eigenvalue weighted by molar-refractivity contribution is 6.53. The topological polar surface area (TPSA) is 47.9 Å². The Bertz CT molecular complexity index is 433. The van der Waals surface area contributed by atoms with Gasteiger partial charge in [-0.3, -0.25) is 0 Å². The van der Waals surface area contributed by atoms with Crippen LogP contribution in [0.15, 0.2) is 60.7 Å². The standard InChI is InChI=1S/C13H14O4Si/c1-15-18(14,16-12-8-4-2-5-9-12)17-13-10-6-3-7-11-13/h2-11,14H,1H3. The molecule has 0 atom stereocenters. The summed E-state index contributed by atoms with van der Waals surface area (Å²) < 4.78 is 15.8. The van der Waals surface area contributed by atoms with Gasteiger partial charge in [0, 0.05) is 7.11 Å². The van der Waals surface area contributed by atoms with Gasteiger partial charge in [0.15, 0.2) is 0 Å². The van der Waals surface area contributed by atoms with E-state index in [4.69, 9.17) is 13.3 Å². The molecule has 0 aliphatic rings. The fraction of sp³-hybridized carbons (Fsp3) is 0.0769. The first-order valence-corrected chi connectivity index (χ1v) is 7.15. The number of para-hydroxylation sites is 2. The van der Waals surface area contributed by atoms with Crippen LogP contribution in [0.1, 0.15) is 0 Å². The normalized spacial score (nSPS) is 11.0. The zero-order valence-corrected chi connectivity index (χ0v) is 10.9. The van der Waals surface area contributed by atoms with Gasteiger partial charge in [-0.05, 0) is 24.3 Å². The molecule has 2 rings (SSSR count). The first-order chi connectivity index (χ1) is 8.72. The molecule has 0 amide bonds. The fourth-order valence-electron chi connectivity index (χ4n) is 1.38. The van der Waals surface area contributed by atoms with E-state index < -0.39 is 9.05 Å². The summed E-state index contributed by atoms with van der Waals surface area (Å²) in [5.74, 6) is 1.01. The van der Waals surface area contributed by atoms with Crippen molar-refractivity contribution in [1.29, 1.82) is 0 Å². The Labute approximate surface area is 107 Å². The molecule has 2 aromatic rings. The Morgan fingerprint density at radius 1 is 0.778 bits per heavy atom. The second kappa shape index (κ2) is 5.68. The van der Waals surface area contributed by atoms with E-state index in [-0.39, 0.29) is 0 Å². The molecule has 18 heavy (non-hydrogen) atoms. The van der Waals surface area contributed by atoms with Crippen molar-refractivity contribution < 1.29 is 18.1 Å². The summed E-state index contributed by atoms with van der Waals surface area (Å²) in [6.07, 6.45) is 0. The van der Waals surface area contributed by atoms with Crippen LogP contribution < -0.4 is 8.85 Å². The van der Waals surface area contributed by atoms with E-state index in [0.717, 1.165) is 0 Å². The second-order valence-electron chi connectivity index (χ2n) is 3.56. The van der Waals surface area contributed by atoms with Gasteiger partial charge in [0.05, 0.1) is 0 Å². The van der Waals surface area contributed by atoms with E-state index in [1.54, 1.807) is 24.3 Å². The molecule has 0 heterocycles. The smallest absolute Gasteiger partial charge is 0.471 e. The SMILES string of the molecule is CO[Si](O)(Oc1ccccc1)Oc1ccccc1. The predicted molar refractivity (Wildman–Crippen MR) is 69.1 cm³/mol. The molecule has 0 saturated heterocycles. The largest absolute Gasteiger partial charge is 0.817 e. The van der Waals surface area contributed by atoms with Gasteiger partial charge in [0.1, 0.15) is 11.5 Å². The molecule has 2 aromatic carbocycles. The second-order valence-corrected chi connectivity index (χ2v) is 5.42. The number of hydrogen-bond donors (Lipinski definition) is 1. The maximum absolute atomic E-state index is 10.2. The van der Waals surface area contributed by atoms with Crippen LogP contribution in [0, 0.1) is 0 Å². The number of benzene rings is 2. The lowest BCUT2D eigenvalue weighted by Gasteiger charge is -2.22. The van der Waals surface area contributed by atoms with E-state index in [1.807, 2.05) is 36.4 Å². The minimum atomic E-state index is -3.71. The Morgan fingerprint density at radius 3 is 1.50 bits per heavy atom. The third-order valence-corrected chi connectivity index (χ3v) is 3.74. The zero-order valence-electron chi connectivity index (χ0n) is 9.95. The fourth-order valence-corrected chi connectivity index (χ4v) is 2.46. The lowest BCUT2D eigenvalue weighted by Crippen LogP contribution is -2.51. The first-order valence-electron chi connectivity index (χ1n) is 5.47. The van der Waals surface area contributed by atoms with E-state index in [2.05, 4.69) is 0 Å². The van der Waals surface area contributed by atoms with Gasteiger partial charge in [-0.25, -0.2) is 0 Å². The molecule has 0 fully saturated rings. The molecule has 0 aromatic heterocycles. The summed E-state index contributed by atoms with van der Waals surface area (Å²) in [6, 6.07) is 17.9. The molecule has 0 saturated carbocycles. The molecule has 0 unspecified atom stereocenters. The van der Waals surface area contributed by atoms with Gasteiger partial charge in [-0.2, -0.15) is 0 Å². The Hall–Kier alpha value is -1.82. The summed E-state index contributed by atoms with van der Waals surface area (Å²) >= 11 is 0. The number of hydrogen-bond acceptors (Lipinski definition) is 4. The van der Waals surface area contributed by atoms with Crippen LogP contribution in [0.25, 0.3) is 0 Å². The predicted octanol–water partition coefficient (Wildman–Crippen LogP) is 2.22. The summed E-state index contributed by atoms with van der Waals surface area (Å²) in [7, 11) is -2.35. The number of rotatable bonds is 5. The average molecular weight is 262 g/mol. The zero-order chi connectivity index (χ0) is 12.8. The molecule has 5 heteroatoms.